The predicted molar refractivity (Wildman–Crippen MR) is 77.6 cm³/mol. The van der Waals surface area contributed by atoms with Crippen LogP contribution in [0.25, 0.3) is 0 Å². The van der Waals surface area contributed by atoms with Crippen LogP contribution in [0.1, 0.15) is 0 Å². The lowest BCUT2D eigenvalue weighted by molar-refractivity contribution is -0.133. The van der Waals surface area contributed by atoms with Gasteiger partial charge in [-0.15, -0.1) is 0 Å². The van der Waals surface area contributed by atoms with E-state index in [9.17, 15) is 14.0 Å². The van der Waals surface area contributed by atoms with E-state index in [0.29, 0.717) is 0 Å². The van der Waals surface area contributed by atoms with Gasteiger partial charge in [-0.25, -0.2) is 9.18 Å². The monoisotopic (exact) mass is 358 g/mol. The number of rotatable bonds is 6. The molecule has 1 aromatic rings. The van der Waals surface area contributed by atoms with Gasteiger partial charge in [0.2, 0.25) is 0 Å². The van der Waals surface area contributed by atoms with Gasteiger partial charge in [-0.3, -0.25) is 10.2 Å². The number of esters is 1. The number of Topliss-reactive ketones (excluding diaryl/α,β-unsaturated/α-hetero) is 1. The molecule has 0 heterocycles. The number of allylic oxidation sites excluding steroid dienone is 1. The molecule has 0 aromatic heterocycles. The van der Waals surface area contributed by atoms with E-state index in [-0.39, 0.29) is 15.9 Å². The molecule has 0 amide bonds. The van der Waals surface area contributed by atoms with E-state index in [4.69, 9.17) is 10.1 Å². The van der Waals surface area contributed by atoms with Gasteiger partial charge in [0.1, 0.15) is 0 Å². The quantitative estimate of drug-likeness (QED) is 0.267. The molecule has 0 spiro atoms. The second-order valence-electron chi connectivity index (χ2n) is 3.65. The number of methoxy groups -OCH3 is 2. The topological polar surface area (TPSA) is 88.5 Å². The lowest BCUT2D eigenvalue weighted by Crippen LogP contribution is -2.26. The van der Waals surface area contributed by atoms with Gasteiger partial charge in [-0.2, -0.15) is 0 Å². The Kier molecular flexibility index (Phi) is 6.04. The number of ketones is 1. The zero-order valence-corrected chi connectivity index (χ0v) is 12.8. The van der Waals surface area contributed by atoms with Gasteiger partial charge in [-0.05, 0) is 28.1 Å². The molecule has 0 atom stereocenters. The molecular formula is C13H12BrFN2O4. The molecule has 0 unspecified atom stereocenters. The zero-order valence-electron chi connectivity index (χ0n) is 11.2. The molecule has 0 radical (unpaired) electrons. The molecular weight excluding hydrogens is 347 g/mol. The summed E-state index contributed by atoms with van der Waals surface area (Å²) in [7, 11) is 2.24. The summed E-state index contributed by atoms with van der Waals surface area (Å²) in [6.07, 6.45) is 1.06. The molecule has 0 bridgehead atoms. The minimum atomic E-state index is -1.09. The van der Waals surface area contributed by atoms with Crippen molar-refractivity contribution >= 4 is 39.1 Å². The van der Waals surface area contributed by atoms with Gasteiger partial charge < -0.3 is 14.8 Å². The number of ether oxygens (including phenoxy) is 2. The van der Waals surface area contributed by atoms with Crippen molar-refractivity contribution in [2.24, 2.45) is 0 Å². The highest BCUT2D eigenvalue weighted by atomic mass is 79.9. The van der Waals surface area contributed by atoms with Crippen LogP contribution in [0.5, 0.6) is 0 Å². The van der Waals surface area contributed by atoms with E-state index < -0.39 is 23.3 Å². The van der Waals surface area contributed by atoms with Gasteiger partial charge in [0, 0.05) is 6.20 Å². The Balaban J connectivity index is 2.95. The van der Waals surface area contributed by atoms with E-state index in [1.807, 2.05) is 0 Å². The van der Waals surface area contributed by atoms with Gasteiger partial charge in [0.15, 0.2) is 17.3 Å². The molecule has 21 heavy (non-hydrogen) atoms. The third-order valence-electron chi connectivity index (χ3n) is 2.37. The Bertz CT molecular complexity index is 616. The molecule has 0 saturated heterocycles. The molecule has 0 aliphatic rings. The van der Waals surface area contributed by atoms with Crippen LogP contribution in [0.4, 0.5) is 10.1 Å². The van der Waals surface area contributed by atoms with Crippen LogP contribution < -0.4 is 5.32 Å². The summed E-state index contributed by atoms with van der Waals surface area (Å²) >= 11 is 3.02. The highest BCUT2D eigenvalue weighted by Gasteiger charge is 2.23. The average molecular weight is 359 g/mol. The van der Waals surface area contributed by atoms with Crippen molar-refractivity contribution in [3.05, 3.63) is 40.4 Å². The summed E-state index contributed by atoms with van der Waals surface area (Å²) in [5.74, 6) is -2.95. The summed E-state index contributed by atoms with van der Waals surface area (Å²) in [5.41, 5.74) is -0.793. The van der Waals surface area contributed by atoms with Crippen molar-refractivity contribution in [3.63, 3.8) is 0 Å². The smallest absolute Gasteiger partial charge is 0.360 e. The number of carbonyl (C=O) groups excluding carboxylic acids is 2. The highest BCUT2D eigenvalue weighted by Crippen LogP contribution is 2.22. The third kappa shape index (κ3) is 4.12. The molecule has 8 heteroatoms. The fourth-order valence-electron chi connectivity index (χ4n) is 1.29. The molecule has 0 fully saturated rings. The lowest BCUT2D eigenvalue weighted by atomic mass is 10.2. The van der Waals surface area contributed by atoms with Crippen LogP contribution in [0.3, 0.4) is 0 Å². The molecule has 6 nitrogen and oxygen atoms in total. The summed E-state index contributed by atoms with van der Waals surface area (Å²) < 4.78 is 23.0. The molecule has 0 aliphatic carbocycles. The second-order valence-corrected chi connectivity index (χ2v) is 4.51. The first-order valence-electron chi connectivity index (χ1n) is 5.58. The maximum atomic E-state index is 13.7. The van der Waals surface area contributed by atoms with Gasteiger partial charge >= 0.3 is 5.97 Å². The predicted octanol–water partition coefficient (Wildman–Crippen LogP) is 2.25. The first-order chi connectivity index (χ1) is 9.92. The van der Waals surface area contributed by atoms with Crippen LogP contribution in [0, 0.1) is 11.2 Å². The maximum absolute atomic E-state index is 13.7. The Hall–Kier alpha value is -2.22. The summed E-state index contributed by atoms with van der Waals surface area (Å²) in [4.78, 5) is 22.9. The minimum Gasteiger partial charge on any atom is -0.491 e. The lowest BCUT2D eigenvalue weighted by Gasteiger charge is -2.08. The standard InChI is InChI=1S/C13H12BrFN2O4/c1-20-9(12(18)11(16)13(19)21-2)6-17-8-5-3-4-7(14)10(8)15/h3-6,16-17H,1-2H3. The highest BCUT2D eigenvalue weighted by molar-refractivity contribution is 9.10. The van der Waals surface area contributed by atoms with Crippen molar-refractivity contribution in [3.8, 4) is 0 Å². The van der Waals surface area contributed by atoms with Crippen molar-refractivity contribution in [2.75, 3.05) is 19.5 Å². The largest absolute Gasteiger partial charge is 0.491 e. The van der Waals surface area contributed by atoms with E-state index in [2.05, 4.69) is 26.0 Å². The SMILES string of the molecule is COC(=O)C(=N)C(=O)C(=CNc1cccc(Br)c1F)OC. The number of hydrogen-bond acceptors (Lipinski definition) is 6. The van der Waals surface area contributed by atoms with Crippen molar-refractivity contribution in [1.82, 2.24) is 0 Å². The molecule has 112 valence electrons. The first kappa shape index (κ1) is 16.8. The van der Waals surface area contributed by atoms with Crippen molar-refractivity contribution in [1.29, 1.82) is 5.41 Å². The first-order valence-corrected chi connectivity index (χ1v) is 6.38. The average Bonchev–Trinajstić information content (AvgIpc) is 2.49. The maximum Gasteiger partial charge on any atom is 0.360 e. The second kappa shape index (κ2) is 7.53. The molecule has 2 N–H and O–H groups in total. The zero-order chi connectivity index (χ0) is 16.0. The summed E-state index contributed by atoms with van der Waals surface area (Å²) in [6.45, 7) is 0. The minimum absolute atomic E-state index is 0.0938. The van der Waals surface area contributed by atoms with Crippen LogP contribution in [-0.4, -0.2) is 31.7 Å². The number of anilines is 1. The Morgan fingerprint density at radius 3 is 2.57 bits per heavy atom. The van der Waals surface area contributed by atoms with Gasteiger partial charge in [0.25, 0.3) is 5.78 Å². The van der Waals surface area contributed by atoms with Gasteiger partial charge in [0.05, 0.1) is 24.4 Å². The number of benzene rings is 1. The normalized spacial score (nSPS) is 10.8. The molecule has 0 saturated carbocycles. The van der Waals surface area contributed by atoms with E-state index in [1.54, 1.807) is 6.07 Å². The summed E-state index contributed by atoms with van der Waals surface area (Å²) in [5, 5.41) is 9.88. The van der Waals surface area contributed by atoms with Crippen LogP contribution >= 0.6 is 15.9 Å². The molecule has 1 rings (SSSR count). The number of nitrogens with one attached hydrogen (secondary N) is 2. The fraction of sp³-hybridized carbons (Fsp3) is 0.154. The Labute approximate surface area is 128 Å². The van der Waals surface area contributed by atoms with Gasteiger partial charge in [-0.1, -0.05) is 6.07 Å². The summed E-state index contributed by atoms with van der Waals surface area (Å²) in [6, 6.07) is 4.55. The third-order valence-corrected chi connectivity index (χ3v) is 2.98. The molecule has 0 aliphatic heterocycles. The van der Waals surface area contributed by atoms with Crippen molar-refractivity contribution in [2.45, 2.75) is 0 Å². The number of carbonyl (C=O) groups is 2. The fourth-order valence-corrected chi connectivity index (χ4v) is 1.66. The van der Waals surface area contributed by atoms with E-state index >= 15 is 0 Å². The van der Waals surface area contributed by atoms with Crippen molar-refractivity contribution < 1.29 is 23.5 Å². The van der Waals surface area contributed by atoms with E-state index in [0.717, 1.165) is 13.3 Å². The Morgan fingerprint density at radius 1 is 1.33 bits per heavy atom. The molecule has 1 aromatic carbocycles. The van der Waals surface area contributed by atoms with E-state index in [1.165, 1.54) is 19.2 Å². The number of halogens is 2. The van der Waals surface area contributed by atoms with Crippen LogP contribution in [0.15, 0.2) is 34.6 Å². The Morgan fingerprint density at radius 2 is 2.00 bits per heavy atom. The number of hydrogen-bond donors (Lipinski definition) is 2. The van der Waals surface area contributed by atoms with Crippen LogP contribution in [0.2, 0.25) is 0 Å². The van der Waals surface area contributed by atoms with Crippen LogP contribution in [-0.2, 0) is 19.1 Å².